The van der Waals surface area contributed by atoms with Crippen LogP contribution in [0.2, 0.25) is 0 Å². The maximum absolute atomic E-state index is 9.76. The molecule has 0 bridgehead atoms. The van der Waals surface area contributed by atoms with E-state index in [2.05, 4.69) is 6.92 Å². The first-order valence-corrected chi connectivity index (χ1v) is 10.3. The zero-order chi connectivity index (χ0) is 21.3. The lowest BCUT2D eigenvalue weighted by atomic mass is 9.87. The molecule has 0 radical (unpaired) electrons. The van der Waals surface area contributed by atoms with Gasteiger partial charge in [-0.1, -0.05) is 49.7 Å². The molecular formula is C26H28O4. The van der Waals surface area contributed by atoms with Crippen LogP contribution in [-0.4, -0.2) is 28.5 Å². The average molecular weight is 405 g/mol. The Hall–Kier alpha value is -3.24. The van der Waals surface area contributed by atoms with Gasteiger partial charge in [0, 0.05) is 0 Å². The third kappa shape index (κ3) is 5.43. The van der Waals surface area contributed by atoms with Crippen LogP contribution in [-0.2, 0) is 0 Å². The molecule has 0 heterocycles. The minimum absolute atomic E-state index is 0.0186. The van der Waals surface area contributed by atoms with Crippen molar-refractivity contribution >= 4 is 11.1 Å². The Morgan fingerprint density at radius 2 is 1.23 bits per heavy atom. The lowest BCUT2D eigenvalue weighted by Crippen LogP contribution is -2.01. The third-order valence-electron chi connectivity index (χ3n) is 4.96. The fraction of sp³-hybridized carbons (Fsp3) is 0.231. The molecule has 0 aromatic heterocycles. The predicted molar refractivity (Wildman–Crippen MR) is 121 cm³/mol. The molecule has 3 aromatic carbocycles. The van der Waals surface area contributed by atoms with E-state index in [0.29, 0.717) is 0 Å². The van der Waals surface area contributed by atoms with E-state index in [0.717, 1.165) is 47.3 Å². The normalized spacial score (nSPS) is 10.6. The van der Waals surface area contributed by atoms with Crippen LogP contribution in [0, 0.1) is 0 Å². The van der Waals surface area contributed by atoms with E-state index < -0.39 is 0 Å². The van der Waals surface area contributed by atoms with Crippen LogP contribution in [0.1, 0.15) is 42.9 Å². The second-order valence-corrected chi connectivity index (χ2v) is 7.15. The molecule has 156 valence electrons. The SMILES string of the molecule is CCCCC(=C(c1ccc(O)cc1)c1ccc(O)cc1)c1ccc(OCCO)cc1. The second-order valence-electron chi connectivity index (χ2n) is 7.15. The minimum Gasteiger partial charge on any atom is -0.508 e. The number of aliphatic hydroxyl groups excluding tert-OH is 1. The first-order valence-electron chi connectivity index (χ1n) is 10.3. The van der Waals surface area contributed by atoms with E-state index in [1.807, 2.05) is 48.5 Å². The molecule has 0 aliphatic heterocycles. The van der Waals surface area contributed by atoms with Crippen LogP contribution in [0.5, 0.6) is 17.2 Å². The lowest BCUT2D eigenvalue weighted by molar-refractivity contribution is 0.201. The monoisotopic (exact) mass is 404 g/mol. The smallest absolute Gasteiger partial charge is 0.119 e. The molecule has 0 atom stereocenters. The van der Waals surface area contributed by atoms with Crippen LogP contribution in [0.3, 0.4) is 0 Å². The fourth-order valence-corrected chi connectivity index (χ4v) is 3.45. The van der Waals surface area contributed by atoms with Crippen molar-refractivity contribution in [3.63, 3.8) is 0 Å². The summed E-state index contributed by atoms with van der Waals surface area (Å²) >= 11 is 0. The number of aliphatic hydroxyl groups is 1. The fourth-order valence-electron chi connectivity index (χ4n) is 3.45. The summed E-state index contributed by atoms with van der Waals surface area (Å²) in [6.45, 7) is 2.42. The Labute approximate surface area is 177 Å². The highest BCUT2D eigenvalue weighted by molar-refractivity contribution is 5.98. The van der Waals surface area contributed by atoms with Crippen molar-refractivity contribution in [3.05, 3.63) is 89.5 Å². The highest BCUT2D eigenvalue weighted by Gasteiger charge is 2.14. The summed E-state index contributed by atoms with van der Waals surface area (Å²) in [6, 6.07) is 22.4. The molecule has 0 amide bonds. The summed E-state index contributed by atoms with van der Waals surface area (Å²) in [5, 5.41) is 28.5. The maximum atomic E-state index is 9.76. The van der Waals surface area contributed by atoms with Gasteiger partial charge in [0.05, 0.1) is 6.61 Å². The topological polar surface area (TPSA) is 69.9 Å². The van der Waals surface area contributed by atoms with E-state index in [4.69, 9.17) is 9.84 Å². The van der Waals surface area contributed by atoms with Crippen molar-refractivity contribution in [3.8, 4) is 17.2 Å². The van der Waals surface area contributed by atoms with E-state index in [-0.39, 0.29) is 24.7 Å². The molecule has 0 aliphatic rings. The summed E-state index contributed by atoms with van der Waals surface area (Å²) in [6.07, 6.45) is 3.00. The number of allylic oxidation sites excluding steroid dienone is 1. The van der Waals surface area contributed by atoms with Crippen LogP contribution >= 0.6 is 0 Å². The van der Waals surface area contributed by atoms with Gasteiger partial charge >= 0.3 is 0 Å². The van der Waals surface area contributed by atoms with Crippen LogP contribution in [0.15, 0.2) is 72.8 Å². The van der Waals surface area contributed by atoms with E-state index in [1.54, 1.807) is 24.3 Å². The van der Waals surface area contributed by atoms with Gasteiger partial charge in [0.2, 0.25) is 0 Å². The standard InChI is InChI=1S/C26H28O4/c1-2-3-4-25(19-9-15-24(16-10-19)30-18-17-27)26(20-5-11-22(28)12-6-20)21-7-13-23(29)14-8-21/h5-16,27-29H,2-4,17-18H2,1H3. The molecule has 0 spiro atoms. The molecule has 30 heavy (non-hydrogen) atoms. The quantitative estimate of drug-likeness (QED) is 0.405. The molecule has 4 nitrogen and oxygen atoms in total. The molecular weight excluding hydrogens is 376 g/mol. The van der Waals surface area contributed by atoms with Crippen molar-refractivity contribution < 1.29 is 20.1 Å². The number of aromatic hydroxyl groups is 2. The van der Waals surface area contributed by atoms with Gasteiger partial charge in [-0.05, 0) is 77.1 Å². The van der Waals surface area contributed by atoms with E-state index in [1.165, 1.54) is 5.57 Å². The number of ether oxygens (including phenoxy) is 1. The Bertz CT molecular complexity index is 908. The first-order chi connectivity index (χ1) is 14.6. The van der Waals surface area contributed by atoms with Crippen LogP contribution < -0.4 is 4.74 Å². The first kappa shape index (κ1) is 21.5. The Kier molecular flexibility index (Phi) is 7.52. The van der Waals surface area contributed by atoms with Crippen molar-refractivity contribution in [1.29, 1.82) is 0 Å². The van der Waals surface area contributed by atoms with Crippen molar-refractivity contribution in [1.82, 2.24) is 0 Å². The predicted octanol–water partition coefficient (Wildman–Crippen LogP) is 5.62. The molecule has 3 N–H and O–H groups in total. The Morgan fingerprint density at radius 3 is 1.70 bits per heavy atom. The van der Waals surface area contributed by atoms with Gasteiger partial charge in [-0.25, -0.2) is 0 Å². The van der Waals surface area contributed by atoms with E-state index >= 15 is 0 Å². The zero-order valence-electron chi connectivity index (χ0n) is 17.2. The Morgan fingerprint density at radius 1 is 0.733 bits per heavy atom. The van der Waals surface area contributed by atoms with Crippen molar-refractivity contribution in [2.45, 2.75) is 26.2 Å². The highest BCUT2D eigenvalue weighted by atomic mass is 16.5. The van der Waals surface area contributed by atoms with Gasteiger partial charge in [-0.15, -0.1) is 0 Å². The number of unbranched alkanes of at least 4 members (excludes halogenated alkanes) is 1. The molecule has 3 aromatic rings. The van der Waals surface area contributed by atoms with Gasteiger partial charge in [0.15, 0.2) is 0 Å². The molecule has 4 heteroatoms. The van der Waals surface area contributed by atoms with Crippen molar-refractivity contribution in [2.75, 3.05) is 13.2 Å². The summed E-state index contributed by atoms with van der Waals surface area (Å²) in [7, 11) is 0. The Balaban J connectivity index is 2.15. The summed E-state index contributed by atoms with van der Waals surface area (Å²) in [5.41, 5.74) is 5.38. The number of hydrogen-bond donors (Lipinski definition) is 3. The third-order valence-corrected chi connectivity index (χ3v) is 4.96. The minimum atomic E-state index is -0.0186. The number of phenols is 2. The molecule has 0 saturated heterocycles. The zero-order valence-corrected chi connectivity index (χ0v) is 17.2. The molecule has 0 saturated carbocycles. The summed E-state index contributed by atoms with van der Waals surface area (Å²) in [5.74, 6) is 1.17. The van der Waals surface area contributed by atoms with E-state index in [9.17, 15) is 10.2 Å². The number of benzene rings is 3. The number of hydrogen-bond acceptors (Lipinski definition) is 4. The average Bonchev–Trinajstić information content (AvgIpc) is 2.77. The molecule has 3 rings (SSSR count). The van der Waals surface area contributed by atoms with Crippen LogP contribution in [0.4, 0.5) is 0 Å². The highest BCUT2D eigenvalue weighted by Crippen LogP contribution is 2.37. The number of phenolic OH excluding ortho intramolecular Hbond substituents is 2. The molecule has 0 aliphatic carbocycles. The molecule has 0 unspecified atom stereocenters. The summed E-state index contributed by atoms with van der Waals surface area (Å²) in [4.78, 5) is 0. The molecule has 0 fully saturated rings. The lowest BCUT2D eigenvalue weighted by Gasteiger charge is -2.18. The van der Waals surface area contributed by atoms with Gasteiger partial charge in [-0.2, -0.15) is 0 Å². The maximum Gasteiger partial charge on any atom is 0.119 e. The van der Waals surface area contributed by atoms with Gasteiger partial charge in [0.25, 0.3) is 0 Å². The second kappa shape index (κ2) is 10.5. The number of rotatable bonds is 9. The van der Waals surface area contributed by atoms with Gasteiger partial charge in [0.1, 0.15) is 23.9 Å². The van der Waals surface area contributed by atoms with Gasteiger partial charge in [-0.3, -0.25) is 0 Å². The summed E-state index contributed by atoms with van der Waals surface area (Å²) < 4.78 is 5.51. The van der Waals surface area contributed by atoms with Gasteiger partial charge < -0.3 is 20.1 Å². The van der Waals surface area contributed by atoms with Crippen LogP contribution in [0.25, 0.3) is 11.1 Å². The largest absolute Gasteiger partial charge is 0.508 e. The van der Waals surface area contributed by atoms with Crippen molar-refractivity contribution in [2.24, 2.45) is 0 Å².